The zero-order valence-electron chi connectivity index (χ0n) is 23.8. The summed E-state index contributed by atoms with van der Waals surface area (Å²) in [5.74, 6) is -3.17. The summed E-state index contributed by atoms with van der Waals surface area (Å²) in [5.41, 5.74) is 1.15. The number of carbonyl (C=O) groups excluding carboxylic acids is 3. The number of thiazole rings is 1. The molecule has 3 fully saturated rings. The van der Waals surface area contributed by atoms with Gasteiger partial charge in [0.25, 0.3) is 5.91 Å². The van der Waals surface area contributed by atoms with Crippen LogP contribution in [0.4, 0.5) is 5.69 Å². The number of H-pyrrole nitrogens is 1. The topological polar surface area (TPSA) is 146 Å². The molecule has 1 saturated heterocycles. The Morgan fingerprint density at radius 2 is 1.78 bits per heavy atom. The number of fused-ring (bicyclic) bond motifs is 9. The Kier molecular flexibility index (Phi) is 8.38. The Hall–Kier alpha value is -3.03. The van der Waals surface area contributed by atoms with Crippen molar-refractivity contribution < 1.29 is 29.0 Å². The Labute approximate surface area is 285 Å². The number of imide groups is 1. The standard InChI is InChI=1S/C31H26Cl3N3O7S2/c32-12-3-6-19(44-11-20(38)35-13-4-5-17(33)18(34)9-13)14(8-12)22-23-15-10-16(26(23)45-28-27(22)46-31(43)36-28)25-24(15)29(41)37(30(25)42)7-1-2-21(39)40/h3-6,8-9,15-16,22-26H,1-2,7,10-11H2,(H,35,38)(H,36,43)(H,39,40)/t15?,16?,22-,23?,24?,25?,26?/m1/s1. The number of benzene rings is 2. The number of nitrogens with one attached hydrogen (secondary N) is 2. The van der Waals surface area contributed by atoms with E-state index in [-0.39, 0.29) is 71.6 Å². The van der Waals surface area contributed by atoms with Crippen LogP contribution in [-0.2, 0) is 19.2 Å². The molecule has 7 rings (SSSR count). The summed E-state index contributed by atoms with van der Waals surface area (Å²) in [4.78, 5) is 68.7. The van der Waals surface area contributed by atoms with Crippen LogP contribution in [-0.4, -0.2) is 57.1 Å². The highest BCUT2D eigenvalue weighted by Crippen LogP contribution is 2.69. The number of carboxylic acids is 1. The number of aliphatic carboxylic acids is 1. The molecule has 1 aromatic heterocycles. The lowest BCUT2D eigenvalue weighted by Gasteiger charge is -2.43. The van der Waals surface area contributed by atoms with Crippen molar-refractivity contribution in [2.75, 3.05) is 18.5 Å². The fraction of sp³-hybridized carbons (Fsp3) is 0.387. The molecule has 10 nitrogen and oxygen atoms in total. The number of hydrogen-bond acceptors (Lipinski definition) is 8. The first-order valence-corrected chi connectivity index (χ1v) is 17.5. The lowest BCUT2D eigenvalue weighted by Crippen LogP contribution is -2.42. The predicted octanol–water partition coefficient (Wildman–Crippen LogP) is 5.75. The molecule has 3 N–H and O–H groups in total. The second kappa shape index (κ2) is 12.2. The van der Waals surface area contributed by atoms with Gasteiger partial charge in [-0.1, -0.05) is 46.1 Å². The summed E-state index contributed by atoms with van der Waals surface area (Å²) < 4.78 is 6.09. The van der Waals surface area contributed by atoms with Gasteiger partial charge in [0.1, 0.15) is 5.75 Å². The van der Waals surface area contributed by atoms with E-state index >= 15 is 0 Å². The van der Waals surface area contributed by atoms with Gasteiger partial charge in [-0.2, -0.15) is 0 Å². The van der Waals surface area contributed by atoms with Crippen LogP contribution in [0.5, 0.6) is 5.75 Å². The number of hydrogen-bond donors (Lipinski definition) is 3. The van der Waals surface area contributed by atoms with Crippen molar-refractivity contribution in [3.63, 3.8) is 0 Å². The van der Waals surface area contributed by atoms with Crippen molar-refractivity contribution in [3.8, 4) is 5.75 Å². The second-order valence-electron chi connectivity index (χ2n) is 11.9. The van der Waals surface area contributed by atoms with Crippen molar-refractivity contribution in [1.29, 1.82) is 0 Å². The summed E-state index contributed by atoms with van der Waals surface area (Å²) in [7, 11) is 0. The molecule has 2 aromatic carbocycles. The number of amides is 3. The zero-order chi connectivity index (χ0) is 32.4. The number of ether oxygens (including phenoxy) is 1. The van der Waals surface area contributed by atoms with Crippen molar-refractivity contribution in [1.82, 2.24) is 9.88 Å². The lowest BCUT2D eigenvalue weighted by molar-refractivity contribution is -0.142. The molecule has 15 heteroatoms. The quantitative estimate of drug-likeness (QED) is 0.237. The molecule has 46 heavy (non-hydrogen) atoms. The van der Waals surface area contributed by atoms with E-state index in [1.165, 1.54) is 11.0 Å². The average molecular weight is 723 g/mol. The van der Waals surface area contributed by atoms with Crippen molar-refractivity contribution in [2.24, 2.45) is 29.6 Å². The third-order valence-electron chi connectivity index (χ3n) is 9.46. The van der Waals surface area contributed by atoms with Crippen LogP contribution < -0.4 is 14.9 Å². The zero-order valence-corrected chi connectivity index (χ0v) is 27.7. The maximum atomic E-state index is 13.7. The SMILES string of the molecule is O=C(O)CCCN1C(=O)C2C3CC(C2C1=O)C1C3Sc2[nH]c(=O)sc2[C@@H]1c1cc(Cl)ccc1OCC(=O)Nc1ccc(Cl)c(Cl)c1. The number of carbonyl (C=O) groups is 4. The van der Waals surface area contributed by atoms with Gasteiger partial charge < -0.3 is 20.1 Å². The fourth-order valence-electron chi connectivity index (χ4n) is 7.84. The number of carboxylic acid groups (broad SMARTS) is 1. The average Bonchev–Trinajstić information content (AvgIpc) is 3.74. The number of anilines is 1. The predicted molar refractivity (Wildman–Crippen MR) is 174 cm³/mol. The van der Waals surface area contributed by atoms with Gasteiger partial charge in [-0.05, 0) is 67.0 Å². The maximum Gasteiger partial charge on any atom is 0.305 e. The molecule has 4 aliphatic rings. The number of aromatic nitrogens is 1. The summed E-state index contributed by atoms with van der Waals surface area (Å²) in [6, 6.07) is 9.88. The van der Waals surface area contributed by atoms with Crippen LogP contribution in [0.1, 0.15) is 35.6 Å². The minimum absolute atomic E-state index is 0.0606. The third-order valence-corrected chi connectivity index (χ3v) is 13.0. The van der Waals surface area contributed by atoms with Crippen LogP contribution in [0, 0.1) is 29.6 Å². The molecular formula is C31H26Cl3N3O7S2. The lowest BCUT2D eigenvalue weighted by atomic mass is 9.68. The highest BCUT2D eigenvalue weighted by Gasteiger charge is 2.69. The van der Waals surface area contributed by atoms with E-state index in [2.05, 4.69) is 10.3 Å². The van der Waals surface area contributed by atoms with Gasteiger partial charge in [-0.3, -0.25) is 28.9 Å². The molecule has 3 aromatic rings. The Bertz CT molecular complexity index is 1850. The van der Waals surface area contributed by atoms with Crippen LogP contribution in [0.2, 0.25) is 15.1 Å². The molecule has 2 aliphatic carbocycles. The van der Waals surface area contributed by atoms with E-state index in [0.717, 1.165) is 21.2 Å². The van der Waals surface area contributed by atoms with E-state index in [0.29, 0.717) is 38.5 Å². The van der Waals surface area contributed by atoms with Gasteiger partial charge in [0.2, 0.25) is 11.8 Å². The molecule has 0 radical (unpaired) electrons. The molecule has 0 spiro atoms. The number of nitrogens with zero attached hydrogens (tertiary/aromatic N) is 1. The minimum Gasteiger partial charge on any atom is -0.483 e. The van der Waals surface area contributed by atoms with Crippen molar-refractivity contribution in [2.45, 2.75) is 35.5 Å². The normalized spacial score (nSPS) is 27.4. The number of halogens is 3. The summed E-state index contributed by atoms with van der Waals surface area (Å²) in [6.45, 7) is -0.241. The van der Waals surface area contributed by atoms with Crippen molar-refractivity contribution >= 4 is 87.3 Å². The molecule has 7 atom stereocenters. The summed E-state index contributed by atoms with van der Waals surface area (Å²) >= 11 is 21.3. The van der Waals surface area contributed by atoms with Crippen LogP contribution in [0.3, 0.4) is 0 Å². The van der Waals surface area contributed by atoms with E-state index in [1.54, 1.807) is 42.1 Å². The van der Waals surface area contributed by atoms with Crippen LogP contribution in [0.25, 0.3) is 0 Å². The van der Waals surface area contributed by atoms with Gasteiger partial charge in [0.05, 0.1) is 26.9 Å². The van der Waals surface area contributed by atoms with Gasteiger partial charge >= 0.3 is 10.8 Å². The van der Waals surface area contributed by atoms with E-state index < -0.39 is 23.7 Å². The third kappa shape index (κ3) is 5.41. The first-order chi connectivity index (χ1) is 22.0. The van der Waals surface area contributed by atoms with Gasteiger partial charge in [-0.25, -0.2) is 0 Å². The molecule has 2 saturated carbocycles. The Morgan fingerprint density at radius 1 is 1.02 bits per heavy atom. The summed E-state index contributed by atoms with van der Waals surface area (Å²) in [6.07, 6.45) is 0.766. The number of thioether (sulfide) groups is 1. The number of likely N-dealkylation sites (tertiary alicyclic amines) is 1. The van der Waals surface area contributed by atoms with Gasteiger partial charge in [0, 0.05) is 45.3 Å². The second-order valence-corrected chi connectivity index (χ2v) is 15.4. The molecule has 2 aliphatic heterocycles. The van der Waals surface area contributed by atoms with Crippen molar-refractivity contribution in [3.05, 3.63) is 71.6 Å². The largest absolute Gasteiger partial charge is 0.483 e. The molecule has 3 amide bonds. The first-order valence-electron chi connectivity index (χ1n) is 14.7. The fourth-order valence-corrected chi connectivity index (χ4v) is 11.2. The van der Waals surface area contributed by atoms with Gasteiger partial charge in [-0.15, -0.1) is 11.8 Å². The minimum atomic E-state index is -0.976. The first kappa shape index (κ1) is 31.6. The molecule has 6 unspecified atom stereocenters. The van der Waals surface area contributed by atoms with E-state index in [4.69, 9.17) is 44.6 Å². The number of aromatic amines is 1. The highest BCUT2D eigenvalue weighted by molar-refractivity contribution is 8.00. The van der Waals surface area contributed by atoms with Crippen LogP contribution in [0.15, 0.2) is 46.2 Å². The maximum absolute atomic E-state index is 13.7. The Balaban J connectivity index is 1.19. The molecule has 240 valence electrons. The Morgan fingerprint density at radius 3 is 2.52 bits per heavy atom. The molecular weight excluding hydrogens is 697 g/mol. The molecule has 3 heterocycles. The van der Waals surface area contributed by atoms with E-state index in [9.17, 15) is 24.0 Å². The molecule has 2 bridgehead atoms. The number of rotatable bonds is 9. The highest BCUT2D eigenvalue weighted by atomic mass is 35.5. The van der Waals surface area contributed by atoms with Gasteiger partial charge in [0.15, 0.2) is 6.61 Å². The van der Waals surface area contributed by atoms with E-state index in [1.807, 2.05) is 0 Å². The monoisotopic (exact) mass is 721 g/mol. The van der Waals surface area contributed by atoms with Crippen LogP contribution >= 0.6 is 57.9 Å². The summed E-state index contributed by atoms with van der Waals surface area (Å²) in [5, 5.41) is 13.6. The smallest absolute Gasteiger partial charge is 0.305 e.